The van der Waals surface area contributed by atoms with Crippen molar-refractivity contribution in [2.24, 2.45) is 0 Å². The van der Waals surface area contributed by atoms with Gasteiger partial charge in [-0.05, 0) is 47.2 Å². The summed E-state index contributed by atoms with van der Waals surface area (Å²) in [5.41, 5.74) is 4.20. The summed E-state index contributed by atoms with van der Waals surface area (Å²) in [6, 6.07) is 32.3. The van der Waals surface area contributed by atoms with Crippen LogP contribution in [-0.4, -0.2) is 48.5 Å². The molecule has 0 radical (unpaired) electrons. The van der Waals surface area contributed by atoms with Gasteiger partial charge in [0.1, 0.15) is 0 Å². The summed E-state index contributed by atoms with van der Waals surface area (Å²) in [4.78, 5) is 39.1. The normalized spacial score (nSPS) is 27.6. The van der Waals surface area contributed by atoms with E-state index in [1.807, 2.05) is 37.3 Å². The predicted molar refractivity (Wildman–Crippen MR) is 196 cm³/mol. The van der Waals surface area contributed by atoms with Crippen LogP contribution in [0.5, 0.6) is 0 Å². The number of rotatable bonds is 10. The molecule has 276 valence electrons. The Balaban J connectivity index is 0.922. The van der Waals surface area contributed by atoms with Gasteiger partial charge in [-0.1, -0.05) is 103 Å². The molecule has 12 heteroatoms. The van der Waals surface area contributed by atoms with Crippen molar-refractivity contribution in [2.75, 3.05) is 0 Å². The number of aryl methyl sites for hydroxylation is 1. The second-order valence-electron chi connectivity index (χ2n) is 14.7. The summed E-state index contributed by atoms with van der Waals surface area (Å²) < 4.78 is 38.5. The van der Waals surface area contributed by atoms with E-state index >= 15 is 8.78 Å². The van der Waals surface area contributed by atoms with E-state index < -0.39 is 46.8 Å². The van der Waals surface area contributed by atoms with Gasteiger partial charge in [0.15, 0.2) is 17.5 Å². The highest BCUT2D eigenvalue weighted by Crippen LogP contribution is 2.67. The lowest BCUT2D eigenvalue weighted by molar-refractivity contribution is -0.136. The fourth-order valence-corrected chi connectivity index (χ4v) is 8.57. The number of oxazole rings is 1. The molecular weight excluding hydrogens is 704 g/mol. The van der Waals surface area contributed by atoms with E-state index in [1.54, 1.807) is 91.3 Å². The molecule has 2 heterocycles. The van der Waals surface area contributed by atoms with Gasteiger partial charge in [0.2, 0.25) is 11.3 Å². The Hall–Kier alpha value is -6.11. The lowest BCUT2D eigenvalue weighted by Crippen LogP contribution is -2.33. The molecular formula is C43H35F2N5O5. The molecule has 10 nitrogen and oxygen atoms in total. The SMILES string of the molecule is Cc1cnc(-c2ccc([C@@H]3[C@@H](c4ccccc4)[C@@]3(F)C(=O)NO)cc2)nc1C1CC1c1ncc(-c2cccc([C@@H]3[C@@H](c4ccccc4)[C@@]3(F)C(=O)NO)c2)o1. The van der Waals surface area contributed by atoms with Crippen LogP contribution >= 0.6 is 0 Å². The third-order valence-corrected chi connectivity index (χ3v) is 11.5. The van der Waals surface area contributed by atoms with Crippen molar-refractivity contribution in [1.29, 1.82) is 0 Å². The van der Waals surface area contributed by atoms with Gasteiger partial charge in [0.25, 0.3) is 11.8 Å². The highest BCUT2D eigenvalue weighted by Gasteiger charge is 2.73. The van der Waals surface area contributed by atoms with E-state index in [9.17, 15) is 20.0 Å². The third-order valence-electron chi connectivity index (χ3n) is 11.5. The van der Waals surface area contributed by atoms with Gasteiger partial charge in [0, 0.05) is 52.8 Å². The van der Waals surface area contributed by atoms with E-state index in [4.69, 9.17) is 9.40 Å². The molecule has 2 aromatic heterocycles. The molecule has 0 bridgehead atoms. The number of hydrogen-bond donors (Lipinski definition) is 4. The van der Waals surface area contributed by atoms with Gasteiger partial charge >= 0.3 is 0 Å². The highest BCUT2D eigenvalue weighted by atomic mass is 19.1. The minimum absolute atomic E-state index is 0.0153. The zero-order valence-corrected chi connectivity index (χ0v) is 29.4. The molecule has 3 aliphatic rings. The molecule has 4 N–H and O–H groups in total. The Bertz CT molecular complexity index is 2430. The summed E-state index contributed by atoms with van der Waals surface area (Å²) in [7, 11) is 0. The van der Waals surface area contributed by atoms with Crippen molar-refractivity contribution in [3.63, 3.8) is 0 Å². The lowest BCUT2D eigenvalue weighted by Gasteiger charge is -2.08. The van der Waals surface area contributed by atoms with Crippen LogP contribution in [0.15, 0.2) is 126 Å². The van der Waals surface area contributed by atoms with Crippen molar-refractivity contribution >= 4 is 11.8 Å². The van der Waals surface area contributed by atoms with Gasteiger partial charge in [-0.25, -0.2) is 34.7 Å². The zero-order valence-electron chi connectivity index (χ0n) is 29.4. The fraction of sp³-hybridized carbons (Fsp3) is 0.233. The Morgan fingerprint density at radius 3 is 1.80 bits per heavy atom. The highest BCUT2D eigenvalue weighted by molar-refractivity contribution is 5.93. The number of amides is 2. The molecule has 9 rings (SSSR count). The quantitative estimate of drug-likeness (QED) is 0.0831. The van der Waals surface area contributed by atoms with E-state index in [-0.39, 0.29) is 11.8 Å². The van der Waals surface area contributed by atoms with Crippen molar-refractivity contribution in [1.82, 2.24) is 25.9 Å². The molecule has 4 aromatic carbocycles. The summed E-state index contributed by atoms with van der Waals surface area (Å²) >= 11 is 0. The molecule has 55 heavy (non-hydrogen) atoms. The summed E-state index contributed by atoms with van der Waals surface area (Å²) in [5.74, 6) is -3.60. The first-order valence-electron chi connectivity index (χ1n) is 18.0. The standard InChI is InChI=1S/C43H35F2N5O5/c1-23-21-46-38(27-17-15-26(16-18-27)35-33(24-9-4-2-5-10-24)42(35,44)40(51)49-53)48-37(23)30-20-31(30)39-47-22-32(55-39)28-13-8-14-29(19-28)36-34(25-11-6-3-7-12-25)43(36,45)41(52)50-54/h2-19,21-22,30-31,33-36,53-54H,20H2,1H3,(H,49,51)(H,50,52)/t30?,31?,33-,34-,35-,36-,42+,43+/m1/s1. The van der Waals surface area contributed by atoms with Crippen molar-refractivity contribution < 1.29 is 33.2 Å². The smallest absolute Gasteiger partial charge is 0.282 e. The van der Waals surface area contributed by atoms with Crippen molar-refractivity contribution in [2.45, 2.75) is 60.2 Å². The topological polar surface area (TPSA) is 150 Å². The molecule has 3 fully saturated rings. The second-order valence-corrected chi connectivity index (χ2v) is 14.7. The predicted octanol–water partition coefficient (Wildman–Crippen LogP) is 7.57. The Morgan fingerprint density at radius 1 is 0.673 bits per heavy atom. The summed E-state index contributed by atoms with van der Waals surface area (Å²) in [6.45, 7) is 1.95. The maximum Gasteiger partial charge on any atom is 0.282 e. The van der Waals surface area contributed by atoms with Crippen LogP contribution in [-0.2, 0) is 9.59 Å². The van der Waals surface area contributed by atoms with Crippen LogP contribution < -0.4 is 11.0 Å². The van der Waals surface area contributed by atoms with Crippen LogP contribution in [0.1, 0.15) is 81.3 Å². The van der Waals surface area contributed by atoms with E-state index in [0.29, 0.717) is 45.3 Å². The van der Waals surface area contributed by atoms with Gasteiger partial charge in [-0.15, -0.1) is 0 Å². The molecule has 6 aromatic rings. The molecule has 0 aliphatic heterocycles. The van der Waals surface area contributed by atoms with Gasteiger partial charge < -0.3 is 4.42 Å². The van der Waals surface area contributed by atoms with Crippen LogP contribution in [0.25, 0.3) is 22.7 Å². The Morgan fingerprint density at radius 2 is 1.22 bits per heavy atom. The molecule has 3 aliphatic carbocycles. The van der Waals surface area contributed by atoms with Gasteiger partial charge in [-0.2, -0.15) is 0 Å². The second kappa shape index (κ2) is 13.0. The molecule has 8 atom stereocenters. The van der Waals surface area contributed by atoms with Crippen LogP contribution in [0.2, 0.25) is 0 Å². The largest absolute Gasteiger partial charge is 0.440 e. The molecule has 2 unspecified atom stereocenters. The fourth-order valence-electron chi connectivity index (χ4n) is 8.57. The van der Waals surface area contributed by atoms with Gasteiger partial charge in [-0.3, -0.25) is 20.0 Å². The number of hydroxylamine groups is 2. The third kappa shape index (κ3) is 5.63. The van der Waals surface area contributed by atoms with Crippen LogP contribution in [0, 0.1) is 6.92 Å². The number of aromatic nitrogens is 3. The molecule has 0 saturated heterocycles. The maximum absolute atomic E-state index is 16.2. The van der Waals surface area contributed by atoms with E-state index in [1.165, 1.54) is 11.0 Å². The Labute approximate surface area is 314 Å². The minimum atomic E-state index is -2.31. The number of hydrogen-bond acceptors (Lipinski definition) is 8. The van der Waals surface area contributed by atoms with Crippen molar-refractivity contribution in [3.8, 4) is 22.7 Å². The summed E-state index contributed by atoms with van der Waals surface area (Å²) in [6.07, 6.45) is 4.19. The average molecular weight is 740 g/mol. The minimum Gasteiger partial charge on any atom is -0.440 e. The number of nitrogens with zero attached hydrogens (tertiary/aromatic N) is 3. The van der Waals surface area contributed by atoms with E-state index in [0.717, 1.165) is 23.2 Å². The van der Waals surface area contributed by atoms with Crippen LogP contribution in [0.3, 0.4) is 0 Å². The maximum atomic E-state index is 16.2. The van der Waals surface area contributed by atoms with Crippen LogP contribution in [0.4, 0.5) is 8.78 Å². The number of nitrogens with one attached hydrogen (secondary N) is 2. The monoisotopic (exact) mass is 739 g/mol. The summed E-state index contributed by atoms with van der Waals surface area (Å²) in [5, 5.41) is 18.6. The average Bonchev–Trinajstić information content (AvgIpc) is 4.18. The molecule has 2 amide bonds. The number of alkyl halides is 2. The first kappa shape index (κ1) is 34.6. The first-order valence-corrected chi connectivity index (χ1v) is 18.0. The number of benzene rings is 4. The molecule has 0 spiro atoms. The van der Waals surface area contributed by atoms with Crippen molar-refractivity contribution in [3.05, 3.63) is 161 Å². The van der Waals surface area contributed by atoms with E-state index in [2.05, 4.69) is 9.97 Å². The number of carbonyl (C=O) groups is 2. The number of carbonyl (C=O) groups excluding carboxylic acids is 2. The Kier molecular flexibility index (Phi) is 8.21. The number of halogens is 2. The first-order chi connectivity index (χ1) is 26.7. The lowest BCUT2D eigenvalue weighted by atomic mass is 10.0. The van der Waals surface area contributed by atoms with Gasteiger partial charge in [0.05, 0.1) is 11.9 Å². The zero-order chi connectivity index (χ0) is 38.1. The molecule has 3 saturated carbocycles.